The normalized spacial score (nSPS) is 11.2. The van der Waals surface area contributed by atoms with Crippen LogP contribution in [0.15, 0.2) is 24.3 Å². The molecule has 0 heterocycles. The van der Waals surface area contributed by atoms with Crippen LogP contribution in [-0.4, -0.2) is 43.6 Å². The van der Waals surface area contributed by atoms with Gasteiger partial charge >= 0.3 is 17.9 Å². The lowest BCUT2D eigenvalue weighted by molar-refractivity contribution is -0.143. The highest BCUT2D eigenvalue weighted by Gasteiger charge is 2.33. The molecule has 0 aromatic heterocycles. The smallest absolute Gasteiger partial charge is 0.340 e. The van der Waals surface area contributed by atoms with E-state index in [-0.39, 0.29) is 36.6 Å². The quantitative estimate of drug-likeness (QED) is 0.489. The zero-order chi connectivity index (χ0) is 23.8. The molecule has 9 nitrogen and oxygen atoms in total. The minimum absolute atomic E-state index is 0.0145. The Hall–Kier alpha value is -3.93. The van der Waals surface area contributed by atoms with Crippen LogP contribution < -0.4 is 5.32 Å². The van der Waals surface area contributed by atoms with E-state index in [1.54, 1.807) is 20.8 Å². The van der Waals surface area contributed by atoms with Gasteiger partial charge in [-0.05, 0) is 37.5 Å². The Morgan fingerprint density at radius 1 is 0.875 bits per heavy atom. The number of nitrogens with one attached hydrogen (secondary N) is 1. The summed E-state index contributed by atoms with van der Waals surface area (Å²) in [4.78, 5) is 49.5. The first kappa shape index (κ1) is 24.3. The molecule has 0 saturated heterocycles. The summed E-state index contributed by atoms with van der Waals surface area (Å²) in [5, 5.41) is 12.0. The van der Waals surface area contributed by atoms with Crippen LogP contribution in [0.3, 0.4) is 0 Å². The first-order valence-electron chi connectivity index (χ1n) is 10.1. The molecule has 0 saturated carbocycles. The van der Waals surface area contributed by atoms with Gasteiger partial charge in [-0.15, -0.1) is 0 Å². The highest BCUT2D eigenvalue weighted by Crippen LogP contribution is 2.42. The number of anilines is 1. The summed E-state index contributed by atoms with van der Waals surface area (Å²) in [6.45, 7) is 6.39. The van der Waals surface area contributed by atoms with E-state index in [4.69, 9.17) is 14.2 Å². The minimum atomic E-state index is -1.20. The summed E-state index contributed by atoms with van der Waals surface area (Å²) < 4.78 is 15.2. The zero-order valence-electron chi connectivity index (χ0n) is 18.3. The van der Waals surface area contributed by atoms with E-state index in [9.17, 15) is 24.4 Å². The van der Waals surface area contributed by atoms with E-state index in [1.165, 1.54) is 31.2 Å². The third kappa shape index (κ3) is 5.03. The molecule has 0 aliphatic heterocycles. The van der Waals surface area contributed by atoms with E-state index < -0.39 is 29.7 Å². The van der Waals surface area contributed by atoms with Gasteiger partial charge in [0.25, 0.3) is 0 Å². The number of nitrogens with zero attached hydrogens (tertiary/aromatic N) is 1. The van der Waals surface area contributed by atoms with E-state index in [0.717, 1.165) is 0 Å². The fourth-order valence-corrected chi connectivity index (χ4v) is 3.24. The molecule has 32 heavy (non-hydrogen) atoms. The minimum Gasteiger partial charge on any atom is -0.465 e. The molecule has 2 aliphatic rings. The van der Waals surface area contributed by atoms with Crippen LogP contribution in [0.4, 0.5) is 5.69 Å². The number of hydrogen-bond acceptors (Lipinski definition) is 8. The first-order chi connectivity index (χ1) is 15.3. The molecular formula is C23H24N2O7. The third-order valence-corrected chi connectivity index (χ3v) is 4.46. The number of nitriles is 1. The number of carbonyl (C=O) groups is 4. The van der Waals surface area contributed by atoms with Crippen LogP contribution in [0, 0.1) is 11.3 Å². The van der Waals surface area contributed by atoms with E-state index in [1.807, 2.05) is 6.07 Å². The van der Waals surface area contributed by atoms with Crippen LogP contribution in [-0.2, 0) is 23.8 Å². The molecule has 1 unspecified atom stereocenters. The van der Waals surface area contributed by atoms with Crippen LogP contribution >= 0.6 is 0 Å². The zero-order valence-corrected chi connectivity index (χ0v) is 18.3. The van der Waals surface area contributed by atoms with Crippen molar-refractivity contribution in [2.45, 2.75) is 33.6 Å². The molecule has 2 aliphatic carbocycles. The van der Waals surface area contributed by atoms with Crippen molar-refractivity contribution in [3.05, 3.63) is 41.0 Å². The maximum Gasteiger partial charge on any atom is 0.340 e. The van der Waals surface area contributed by atoms with Gasteiger partial charge < -0.3 is 19.5 Å². The molecule has 0 bridgehead atoms. The molecule has 0 aromatic carbocycles. The lowest BCUT2D eigenvalue weighted by atomic mass is 10.0. The molecule has 1 atom stereocenters. The van der Waals surface area contributed by atoms with Crippen LogP contribution in [0.1, 0.15) is 59.9 Å². The summed E-state index contributed by atoms with van der Waals surface area (Å²) >= 11 is 0. The Balaban J connectivity index is 2.84. The Kier molecular flexibility index (Phi) is 8.30. The molecule has 2 rings (SSSR count). The second kappa shape index (κ2) is 10.9. The standard InChI is InChI=1S/C23H24N2O7/c1-5-30-21(27)17(12-24)14-8-10-15-16(11-9-14)19(23(29)32-7-3)20(25-13(4)26)18(15)22(28)31-6-2/h8-11,17H,5-7H2,1-4H3,(H,25,26). The van der Waals surface area contributed by atoms with Gasteiger partial charge in [-0.3, -0.25) is 9.59 Å². The lowest BCUT2D eigenvalue weighted by Gasteiger charge is -2.08. The number of fused-ring (bicyclic) bond motifs is 1. The van der Waals surface area contributed by atoms with Gasteiger partial charge in [0.15, 0.2) is 5.92 Å². The first-order valence-corrected chi connectivity index (χ1v) is 10.1. The predicted molar refractivity (Wildman–Crippen MR) is 114 cm³/mol. The molecule has 0 radical (unpaired) electrons. The monoisotopic (exact) mass is 440 g/mol. The summed E-state index contributed by atoms with van der Waals surface area (Å²) in [6.07, 6.45) is 0. The largest absolute Gasteiger partial charge is 0.465 e. The topological polar surface area (TPSA) is 132 Å². The fourth-order valence-electron chi connectivity index (χ4n) is 3.24. The third-order valence-electron chi connectivity index (χ3n) is 4.46. The van der Waals surface area contributed by atoms with E-state index in [2.05, 4.69) is 5.32 Å². The van der Waals surface area contributed by atoms with E-state index >= 15 is 0 Å². The van der Waals surface area contributed by atoms with Crippen LogP contribution in [0.25, 0.3) is 11.1 Å². The summed E-state index contributed by atoms with van der Waals surface area (Å²) in [5.74, 6) is -3.89. The number of esters is 3. The number of hydrogen-bond donors (Lipinski definition) is 1. The molecule has 9 heteroatoms. The number of carbonyl (C=O) groups excluding carboxylic acids is 4. The average Bonchev–Trinajstić information content (AvgIpc) is 2.87. The molecule has 0 spiro atoms. The average molecular weight is 440 g/mol. The Labute approximate surface area is 185 Å². The van der Waals surface area contributed by atoms with Crippen molar-refractivity contribution in [1.82, 2.24) is 0 Å². The van der Waals surface area contributed by atoms with Gasteiger partial charge in [0.05, 0.1) is 42.7 Å². The number of rotatable bonds is 8. The van der Waals surface area contributed by atoms with Gasteiger partial charge in [-0.2, -0.15) is 5.26 Å². The summed E-state index contributed by atoms with van der Waals surface area (Å²) in [6, 6.07) is 7.87. The number of ether oxygens (including phenoxy) is 3. The van der Waals surface area contributed by atoms with Crippen molar-refractivity contribution in [1.29, 1.82) is 5.26 Å². The van der Waals surface area contributed by atoms with Gasteiger partial charge in [0.2, 0.25) is 5.91 Å². The van der Waals surface area contributed by atoms with Gasteiger partial charge in [-0.1, -0.05) is 24.3 Å². The molecule has 0 fully saturated rings. The maximum atomic E-state index is 12.8. The van der Waals surface area contributed by atoms with Gasteiger partial charge in [0, 0.05) is 6.92 Å². The maximum absolute atomic E-state index is 12.8. The fraction of sp³-hybridized carbons (Fsp3) is 0.348. The molecule has 1 N–H and O–H groups in total. The van der Waals surface area contributed by atoms with Crippen molar-refractivity contribution < 1.29 is 33.4 Å². The van der Waals surface area contributed by atoms with E-state index in [0.29, 0.717) is 16.7 Å². The summed E-state index contributed by atoms with van der Waals surface area (Å²) in [7, 11) is 0. The highest BCUT2D eigenvalue weighted by molar-refractivity contribution is 6.18. The molecular weight excluding hydrogens is 416 g/mol. The Morgan fingerprint density at radius 3 is 1.72 bits per heavy atom. The van der Waals surface area contributed by atoms with Gasteiger partial charge in [0.1, 0.15) is 0 Å². The lowest BCUT2D eigenvalue weighted by Crippen LogP contribution is -2.15. The van der Waals surface area contributed by atoms with Crippen molar-refractivity contribution in [2.75, 3.05) is 25.1 Å². The highest BCUT2D eigenvalue weighted by atomic mass is 16.5. The van der Waals surface area contributed by atoms with Crippen LogP contribution in [0.2, 0.25) is 0 Å². The second-order valence-electron chi connectivity index (χ2n) is 6.56. The van der Waals surface area contributed by atoms with Crippen molar-refractivity contribution in [3.63, 3.8) is 0 Å². The van der Waals surface area contributed by atoms with Crippen molar-refractivity contribution in [2.24, 2.45) is 0 Å². The SMILES string of the molecule is CCOC(=O)c1c2ccc(C(C#N)C(=O)OCC)ccc-2c(C(=O)OCC)c1NC(C)=O. The predicted octanol–water partition coefficient (Wildman–Crippen LogP) is 3.27. The Bertz CT molecular complexity index is 999. The van der Waals surface area contributed by atoms with Crippen LogP contribution in [0.5, 0.6) is 0 Å². The van der Waals surface area contributed by atoms with Crippen molar-refractivity contribution in [3.8, 4) is 17.2 Å². The van der Waals surface area contributed by atoms with Gasteiger partial charge in [-0.25, -0.2) is 9.59 Å². The second-order valence-corrected chi connectivity index (χ2v) is 6.56. The molecule has 168 valence electrons. The molecule has 0 aromatic rings. The van der Waals surface area contributed by atoms with Crippen molar-refractivity contribution >= 4 is 29.5 Å². The Morgan fingerprint density at radius 2 is 1.34 bits per heavy atom. The number of amides is 1. The summed E-state index contributed by atoms with van der Waals surface area (Å²) in [5.41, 5.74) is 0.843. The molecule has 1 amide bonds.